The molecular weight excluding hydrogens is 248 g/mol. The first-order valence-electron chi connectivity index (χ1n) is 6.81. The molecule has 3 heteroatoms. The highest BCUT2D eigenvalue weighted by Crippen LogP contribution is 2.35. The smallest absolute Gasteiger partial charge is 0.130 e. The second kappa shape index (κ2) is 7.01. The molecule has 1 aromatic heterocycles. The number of rotatable bonds is 6. The highest BCUT2D eigenvalue weighted by Gasteiger charge is 2.21. The van der Waals surface area contributed by atoms with Crippen molar-refractivity contribution >= 4 is 17.2 Å². The number of furan rings is 1. The quantitative estimate of drug-likeness (QED) is 0.791. The average molecular weight is 269 g/mol. The van der Waals surface area contributed by atoms with E-state index in [0.29, 0.717) is 11.8 Å². The predicted octanol–water partition coefficient (Wildman–Crippen LogP) is 4.02. The summed E-state index contributed by atoms with van der Waals surface area (Å²) in [5, 5.41) is 9.13. The van der Waals surface area contributed by atoms with Crippen molar-refractivity contribution < 1.29 is 9.52 Å². The summed E-state index contributed by atoms with van der Waals surface area (Å²) < 4.78 is 5.89. The third-order valence-corrected chi connectivity index (χ3v) is 3.81. The Morgan fingerprint density at radius 3 is 3.06 bits per heavy atom. The third kappa shape index (κ3) is 3.39. The Morgan fingerprint density at radius 1 is 1.39 bits per heavy atom. The molecule has 0 spiro atoms. The fraction of sp³-hybridized carbons (Fsp3) is 0.600. The van der Waals surface area contributed by atoms with E-state index in [1.807, 2.05) is 6.07 Å². The fourth-order valence-corrected chi connectivity index (χ4v) is 2.74. The minimum absolute atomic E-state index is 0.252. The van der Waals surface area contributed by atoms with Crippen LogP contribution in [0.5, 0.6) is 0 Å². The fourth-order valence-electron chi connectivity index (χ4n) is 2.61. The molecule has 0 aromatic carbocycles. The van der Waals surface area contributed by atoms with Crippen molar-refractivity contribution in [3.63, 3.8) is 0 Å². The first kappa shape index (κ1) is 13.7. The molecule has 0 aliphatic heterocycles. The molecule has 100 valence electrons. The molecule has 0 amide bonds. The van der Waals surface area contributed by atoms with Crippen molar-refractivity contribution in [1.82, 2.24) is 0 Å². The lowest BCUT2D eigenvalue weighted by Gasteiger charge is -2.22. The van der Waals surface area contributed by atoms with Crippen molar-refractivity contribution in [3.8, 4) is 0 Å². The normalized spacial score (nSPS) is 19.9. The molecule has 1 N–H and O–H groups in total. The van der Waals surface area contributed by atoms with E-state index >= 15 is 0 Å². The summed E-state index contributed by atoms with van der Waals surface area (Å²) in [5.74, 6) is 3.12. The Balaban J connectivity index is 2.08. The summed E-state index contributed by atoms with van der Waals surface area (Å²) in [6, 6.07) is 4.11. The van der Waals surface area contributed by atoms with Gasteiger partial charge in [0, 0.05) is 18.9 Å². The van der Waals surface area contributed by atoms with E-state index in [1.165, 1.54) is 12.0 Å². The molecular formula is C15H21ClO2. The first-order valence-corrected chi connectivity index (χ1v) is 7.34. The molecule has 0 saturated carbocycles. The molecule has 1 unspecified atom stereocenters. The molecule has 1 atom stereocenters. The SMILES string of the molecule is OCCC1CCCC=C1c1ccc(CCCCl)o1. The van der Waals surface area contributed by atoms with Gasteiger partial charge in [-0.3, -0.25) is 0 Å². The Kier molecular flexibility index (Phi) is 5.33. The summed E-state index contributed by atoms with van der Waals surface area (Å²) in [6.07, 6.45) is 8.46. The summed E-state index contributed by atoms with van der Waals surface area (Å²) in [5.41, 5.74) is 1.28. The van der Waals surface area contributed by atoms with Crippen molar-refractivity contribution in [2.45, 2.75) is 38.5 Å². The minimum atomic E-state index is 0.252. The van der Waals surface area contributed by atoms with Crippen LogP contribution in [0.15, 0.2) is 22.6 Å². The Bertz CT molecular complexity index is 395. The number of aliphatic hydroxyl groups is 1. The van der Waals surface area contributed by atoms with Crippen LogP contribution in [0.2, 0.25) is 0 Å². The van der Waals surface area contributed by atoms with E-state index < -0.39 is 0 Å². The molecule has 1 heterocycles. The number of allylic oxidation sites excluding steroid dienone is 2. The first-order chi connectivity index (χ1) is 8.85. The van der Waals surface area contributed by atoms with Crippen molar-refractivity contribution in [2.24, 2.45) is 5.92 Å². The lowest BCUT2D eigenvalue weighted by molar-refractivity contribution is 0.265. The standard InChI is InChI=1S/C15H21ClO2/c16-10-3-5-13-7-8-15(18-13)14-6-2-1-4-12(14)9-11-17/h6-8,12,17H,1-5,9-11H2. The number of aryl methyl sites for hydroxylation is 1. The Hall–Kier alpha value is -0.730. The maximum atomic E-state index is 9.13. The summed E-state index contributed by atoms with van der Waals surface area (Å²) in [4.78, 5) is 0. The van der Waals surface area contributed by atoms with E-state index in [-0.39, 0.29) is 6.61 Å². The molecule has 0 saturated heterocycles. The van der Waals surface area contributed by atoms with Crippen LogP contribution in [0, 0.1) is 5.92 Å². The zero-order valence-corrected chi connectivity index (χ0v) is 11.5. The molecule has 1 aliphatic rings. The molecule has 2 nitrogen and oxygen atoms in total. The molecule has 1 aromatic rings. The summed E-state index contributed by atoms with van der Waals surface area (Å²) in [7, 11) is 0. The van der Waals surface area contributed by atoms with Crippen molar-refractivity contribution in [3.05, 3.63) is 29.7 Å². The molecule has 1 aliphatic carbocycles. The van der Waals surface area contributed by atoms with Crippen LogP contribution in [0.1, 0.15) is 43.6 Å². The van der Waals surface area contributed by atoms with Gasteiger partial charge in [-0.25, -0.2) is 0 Å². The molecule has 0 fully saturated rings. The average Bonchev–Trinajstić information content (AvgIpc) is 2.86. The monoisotopic (exact) mass is 268 g/mol. The topological polar surface area (TPSA) is 33.4 Å². The van der Waals surface area contributed by atoms with Crippen LogP contribution in [0.3, 0.4) is 0 Å². The number of hydrogen-bond donors (Lipinski definition) is 1. The van der Waals surface area contributed by atoms with E-state index in [0.717, 1.165) is 43.6 Å². The van der Waals surface area contributed by atoms with Crippen molar-refractivity contribution in [1.29, 1.82) is 0 Å². The van der Waals surface area contributed by atoms with E-state index in [4.69, 9.17) is 21.1 Å². The second-order valence-corrected chi connectivity index (χ2v) is 5.24. The summed E-state index contributed by atoms with van der Waals surface area (Å²) in [6.45, 7) is 0.252. The molecule has 0 radical (unpaired) electrons. The van der Waals surface area contributed by atoms with Crippen LogP contribution in [-0.2, 0) is 6.42 Å². The number of hydrogen-bond acceptors (Lipinski definition) is 2. The zero-order chi connectivity index (χ0) is 12.8. The Labute approximate surface area is 114 Å². The Morgan fingerprint density at radius 2 is 2.28 bits per heavy atom. The maximum Gasteiger partial charge on any atom is 0.130 e. The third-order valence-electron chi connectivity index (χ3n) is 3.54. The maximum absolute atomic E-state index is 9.13. The molecule has 18 heavy (non-hydrogen) atoms. The van der Waals surface area contributed by atoms with Gasteiger partial charge in [-0.1, -0.05) is 6.08 Å². The number of aliphatic hydroxyl groups excluding tert-OH is 1. The van der Waals surface area contributed by atoms with E-state index in [2.05, 4.69) is 12.1 Å². The van der Waals surface area contributed by atoms with Crippen LogP contribution >= 0.6 is 11.6 Å². The minimum Gasteiger partial charge on any atom is -0.461 e. The van der Waals surface area contributed by atoms with Gasteiger partial charge in [0.2, 0.25) is 0 Å². The van der Waals surface area contributed by atoms with Gasteiger partial charge in [0.1, 0.15) is 11.5 Å². The summed E-state index contributed by atoms with van der Waals surface area (Å²) >= 11 is 5.69. The van der Waals surface area contributed by atoms with Crippen LogP contribution in [0.25, 0.3) is 5.57 Å². The molecule has 0 bridgehead atoms. The van der Waals surface area contributed by atoms with Gasteiger partial charge in [-0.15, -0.1) is 11.6 Å². The molecule has 2 rings (SSSR count). The van der Waals surface area contributed by atoms with E-state index in [1.54, 1.807) is 0 Å². The lowest BCUT2D eigenvalue weighted by atomic mass is 9.84. The lowest BCUT2D eigenvalue weighted by Crippen LogP contribution is -2.09. The van der Waals surface area contributed by atoms with Gasteiger partial charge in [0.25, 0.3) is 0 Å². The second-order valence-electron chi connectivity index (χ2n) is 4.86. The largest absolute Gasteiger partial charge is 0.461 e. The van der Waals surface area contributed by atoms with Gasteiger partial charge in [-0.2, -0.15) is 0 Å². The van der Waals surface area contributed by atoms with Gasteiger partial charge in [0.15, 0.2) is 0 Å². The predicted molar refractivity (Wildman–Crippen MR) is 74.8 cm³/mol. The highest BCUT2D eigenvalue weighted by molar-refractivity contribution is 6.17. The van der Waals surface area contributed by atoms with E-state index in [9.17, 15) is 0 Å². The van der Waals surface area contributed by atoms with Gasteiger partial charge >= 0.3 is 0 Å². The van der Waals surface area contributed by atoms with Crippen molar-refractivity contribution in [2.75, 3.05) is 12.5 Å². The van der Waals surface area contributed by atoms with Crippen LogP contribution in [-0.4, -0.2) is 17.6 Å². The van der Waals surface area contributed by atoms with Gasteiger partial charge in [-0.05, 0) is 55.7 Å². The van der Waals surface area contributed by atoms with Crippen LogP contribution in [0.4, 0.5) is 0 Å². The number of alkyl halides is 1. The highest BCUT2D eigenvalue weighted by atomic mass is 35.5. The number of halogens is 1. The van der Waals surface area contributed by atoms with Gasteiger partial charge < -0.3 is 9.52 Å². The zero-order valence-electron chi connectivity index (χ0n) is 10.7. The van der Waals surface area contributed by atoms with Gasteiger partial charge in [0.05, 0.1) is 0 Å². The van der Waals surface area contributed by atoms with Crippen LogP contribution < -0.4 is 0 Å².